The molecule has 1 rings (SSSR count). The van der Waals surface area contributed by atoms with Crippen LogP contribution in [0.5, 0.6) is 0 Å². The van der Waals surface area contributed by atoms with Crippen LogP contribution in [-0.4, -0.2) is 90.5 Å². The van der Waals surface area contributed by atoms with E-state index in [-0.39, 0.29) is 60.1 Å². The van der Waals surface area contributed by atoms with Gasteiger partial charge in [-0.3, -0.25) is 24.1 Å². The van der Waals surface area contributed by atoms with Gasteiger partial charge in [-0.1, -0.05) is 0 Å². The maximum absolute atomic E-state index is 12.6. The molecule has 1 aliphatic heterocycles. The quantitative estimate of drug-likeness (QED) is 0.230. The minimum atomic E-state index is -0.498. The van der Waals surface area contributed by atoms with Crippen LogP contribution in [-0.2, 0) is 28.7 Å². The summed E-state index contributed by atoms with van der Waals surface area (Å²) >= 11 is 1.31. The monoisotopic (exact) mass is 501 g/mol. The van der Waals surface area contributed by atoms with E-state index in [1.807, 2.05) is 27.7 Å². The Bertz CT molecular complexity index is 713. The van der Waals surface area contributed by atoms with Crippen LogP contribution in [0.4, 0.5) is 0 Å². The number of likely N-dealkylation sites (N-methyl/N-ethyl adjacent to an activating group) is 1. The number of hydrogen-bond donors (Lipinski definition) is 2. The number of carbonyl (C=O) groups excluding carboxylic acids is 4. The van der Waals surface area contributed by atoms with E-state index in [9.17, 15) is 19.2 Å². The molecule has 0 bridgehead atoms. The Morgan fingerprint density at radius 2 is 1.85 bits per heavy atom. The smallest absolute Gasteiger partial charge is 0.242 e. The van der Waals surface area contributed by atoms with Gasteiger partial charge in [0, 0.05) is 38.8 Å². The highest BCUT2D eigenvalue weighted by Crippen LogP contribution is 2.26. The molecule has 2 atom stereocenters. The third kappa shape index (κ3) is 10.8. The number of amides is 3. The van der Waals surface area contributed by atoms with Crippen molar-refractivity contribution in [1.82, 2.24) is 15.5 Å². The minimum absolute atomic E-state index is 0.00899. The van der Waals surface area contributed by atoms with E-state index >= 15 is 0 Å². The van der Waals surface area contributed by atoms with Gasteiger partial charge in [-0.15, -0.1) is 11.8 Å². The predicted molar refractivity (Wildman–Crippen MR) is 134 cm³/mol. The van der Waals surface area contributed by atoms with E-state index in [0.717, 1.165) is 24.2 Å². The van der Waals surface area contributed by atoms with Gasteiger partial charge in [0.05, 0.1) is 29.1 Å². The summed E-state index contributed by atoms with van der Waals surface area (Å²) in [6, 6.07) is -0.347. The van der Waals surface area contributed by atoms with Gasteiger partial charge in [0.1, 0.15) is 5.78 Å². The van der Waals surface area contributed by atoms with Gasteiger partial charge >= 0.3 is 0 Å². The van der Waals surface area contributed by atoms with Crippen molar-refractivity contribution in [1.29, 1.82) is 0 Å². The number of nitrogens with zero attached hydrogens (tertiary/aromatic N) is 1. The maximum Gasteiger partial charge on any atom is 0.242 e. The zero-order valence-corrected chi connectivity index (χ0v) is 22.6. The topological polar surface area (TPSA) is 114 Å². The van der Waals surface area contributed by atoms with Crippen molar-refractivity contribution in [2.24, 2.45) is 0 Å². The molecule has 3 amide bonds. The number of ether oxygens (including phenoxy) is 2. The molecule has 0 aromatic heterocycles. The Hall–Kier alpha value is -1.49. The molecule has 2 unspecified atom stereocenters. The molecule has 1 aliphatic rings. The fraction of sp³-hybridized carbons (Fsp3) is 0.833. The first-order valence-electron chi connectivity index (χ1n) is 11.9. The number of thioether (sulfide) groups is 1. The first-order valence-corrected chi connectivity index (χ1v) is 13.0. The molecule has 10 heteroatoms. The lowest BCUT2D eigenvalue weighted by molar-refractivity contribution is -0.138. The van der Waals surface area contributed by atoms with Crippen LogP contribution in [0.3, 0.4) is 0 Å². The van der Waals surface area contributed by atoms with Gasteiger partial charge in [-0.25, -0.2) is 0 Å². The largest absolute Gasteiger partial charge is 0.379 e. The van der Waals surface area contributed by atoms with Gasteiger partial charge < -0.3 is 20.1 Å². The lowest BCUT2D eigenvalue weighted by atomic mass is 10.0. The third-order valence-corrected chi connectivity index (χ3v) is 7.39. The first kappa shape index (κ1) is 30.5. The lowest BCUT2D eigenvalue weighted by Gasteiger charge is -2.29. The molecule has 1 fully saturated rings. The average molecular weight is 502 g/mol. The molecular formula is C24H43N3O6S. The Labute approximate surface area is 208 Å². The van der Waals surface area contributed by atoms with Gasteiger partial charge in [0.2, 0.25) is 17.7 Å². The van der Waals surface area contributed by atoms with Crippen LogP contribution in [0.15, 0.2) is 0 Å². The van der Waals surface area contributed by atoms with Crippen molar-refractivity contribution < 1.29 is 28.7 Å². The van der Waals surface area contributed by atoms with Crippen LogP contribution >= 0.6 is 11.8 Å². The molecule has 0 spiro atoms. The zero-order chi connectivity index (χ0) is 25.9. The lowest BCUT2D eigenvalue weighted by Crippen LogP contribution is -2.37. The van der Waals surface area contributed by atoms with Crippen molar-refractivity contribution >= 4 is 35.3 Å². The average Bonchev–Trinajstić information content (AvgIpc) is 3.02. The Morgan fingerprint density at radius 1 is 1.18 bits per heavy atom. The summed E-state index contributed by atoms with van der Waals surface area (Å²) in [7, 11) is 3.38. The summed E-state index contributed by atoms with van der Waals surface area (Å²) in [5, 5.41) is 5.27. The number of methoxy groups -OCH3 is 1. The fourth-order valence-corrected chi connectivity index (χ4v) is 4.78. The van der Waals surface area contributed by atoms with Crippen molar-refractivity contribution in [2.45, 2.75) is 89.2 Å². The van der Waals surface area contributed by atoms with Crippen LogP contribution in [0.2, 0.25) is 0 Å². The zero-order valence-electron chi connectivity index (χ0n) is 21.8. The fourth-order valence-electron chi connectivity index (χ4n) is 3.43. The summed E-state index contributed by atoms with van der Waals surface area (Å²) in [5.41, 5.74) is -0.519. The molecule has 0 aromatic rings. The number of likely N-dealkylation sites (tertiary alicyclic amines) is 1. The highest BCUT2D eigenvalue weighted by Gasteiger charge is 2.39. The number of carbonyl (C=O) groups is 4. The normalized spacial score (nSPS) is 17.9. The van der Waals surface area contributed by atoms with Crippen LogP contribution in [0.1, 0.15) is 66.7 Å². The molecule has 1 heterocycles. The number of hydrogen-bond acceptors (Lipinski definition) is 8. The van der Waals surface area contributed by atoms with Gasteiger partial charge in [-0.2, -0.15) is 0 Å². The van der Waals surface area contributed by atoms with Crippen LogP contribution in [0, 0.1) is 0 Å². The third-order valence-electron chi connectivity index (χ3n) is 6.10. The van der Waals surface area contributed by atoms with E-state index in [1.54, 1.807) is 14.2 Å². The van der Waals surface area contributed by atoms with Crippen molar-refractivity contribution in [3.63, 3.8) is 0 Å². The van der Waals surface area contributed by atoms with E-state index in [1.165, 1.54) is 18.7 Å². The number of rotatable bonds is 17. The number of nitrogens with one attached hydrogen (secondary N) is 2. The summed E-state index contributed by atoms with van der Waals surface area (Å²) < 4.78 is 11.4. The highest BCUT2D eigenvalue weighted by atomic mass is 32.2. The van der Waals surface area contributed by atoms with Crippen LogP contribution < -0.4 is 10.6 Å². The molecule has 9 nitrogen and oxygen atoms in total. The molecule has 196 valence electrons. The molecule has 0 radical (unpaired) electrons. The van der Waals surface area contributed by atoms with E-state index < -0.39 is 5.25 Å². The summed E-state index contributed by atoms with van der Waals surface area (Å²) in [4.78, 5) is 49.7. The molecule has 0 saturated carbocycles. The number of imide groups is 1. The number of ketones is 1. The van der Waals surface area contributed by atoms with Crippen molar-refractivity contribution in [3.8, 4) is 0 Å². The Morgan fingerprint density at radius 3 is 2.44 bits per heavy atom. The van der Waals surface area contributed by atoms with E-state index in [0.29, 0.717) is 18.9 Å². The van der Waals surface area contributed by atoms with Crippen LogP contribution in [0.25, 0.3) is 0 Å². The molecular weight excluding hydrogens is 458 g/mol. The second-order valence-electron chi connectivity index (χ2n) is 9.89. The standard InChI is InChI=1S/C24H43N3O6S/c1-17(28)18(25-6)16-34-19-15-21(30)27(22(19)31)13-9-20(29)26-12-8-10-24(4,5)33-14-11-23(2,3)32-7/h18-19,25H,8-16H2,1-7H3,(H,26,29). The summed E-state index contributed by atoms with van der Waals surface area (Å²) in [6.45, 7) is 10.8. The SMILES string of the molecule is CNC(CSC1CC(=O)N(CCC(=O)NCCCC(C)(C)OCCC(C)(C)OC)C1=O)C(C)=O. The summed E-state index contributed by atoms with van der Waals surface area (Å²) in [6.07, 6.45) is 2.53. The molecule has 2 N–H and O–H groups in total. The molecule has 0 aliphatic carbocycles. The molecule has 0 aromatic carbocycles. The number of Topliss-reactive ketones (excluding diaryl/α,β-unsaturated/α-hetero) is 1. The van der Waals surface area contributed by atoms with Gasteiger partial charge in [-0.05, 0) is 60.9 Å². The van der Waals surface area contributed by atoms with Crippen molar-refractivity contribution in [3.05, 3.63) is 0 Å². The maximum atomic E-state index is 12.6. The van der Waals surface area contributed by atoms with E-state index in [4.69, 9.17) is 9.47 Å². The molecule has 34 heavy (non-hydrogen) atoms. The molecule has 1 saturated heterocycles. The Kier molecular flexibility index (Phi) is 12.7. The van der Waals surface area contributed by atoms with Gasteiger partial charge in [0.15, 0.2) is 0 Å². The second-order valence-corrected chi connectivity index (χ2v) is 11.1. The van der Waals surface area contributed by atoms with Gasteiger partial charge in [0.25, 0.3) is 0 Å². The minimum Gasteiger partial charge on any atom is -0.379 e. The second kappa shape index (κ2) is 14.2. The van der Waals surface area contributed by atoms with E-state index in [2.05, 4.69) is 10.6 Å². The predicted octanol–water partition coefficient (Wildman–Crippen LogP) is 1.92. The van der Waals surface area contributed by atoms with Crippen molar-refractivity contribution in [2.75, 3.05) is 39.6 Å². The highest BCUT2D eigenvalue weighted by molar-refractivity contribution is 8.00. The first-order chi connectivity index (χ1) is 15.8. The Balaban J connectivity index is 2.30. The summed E-state index contributed by atoms with van der Waals surface area (Å²) in [5.74, 6) is -0.325.